The number of hydrogen-bond acceptors (Lipinski definition) is 7. The molecule has 37 heavy (non-hydrogen) atoms. The van der Waals surface area contributed by atoms with Gasteiger partial charge in [0.05, 0.1) is 18.3 Å². The van der Waals surface area contributed by atoms with Crippen molar-refractivity contribution in [2.24, 2.45) is 0 Å². The van der Waals surface area contributed by atoms with Gasteiger partial charge in [-0.3, -0.25) is 0 Å². The molecule has 0 bridgehead atoms. The van der Waals surface area contributed by atoms with Crippen LogP contribution in [0.3, 0.4) is 0 Å². The molecule has 7 heteroatoms. The topological polar surface area (TPSA) is 114 Å². The Kier molecular flexibility index (Phi) is 11.2. The number of unbranched alkanes of at least 4 members (excludes halogenated alkanes) is 2. The van der Waals surface area contributed by atoms with Crippen LogP contribution in [0.2, 0.25) is 0 Å². The number of hydrogen-bond donors (Lipinski definition) is 2. The van der Waals surface area contributed by atoms with Gasteiger partial charge in [-0.05, 0) is 86.4 Å². The molecule has 0 saturated heterocycles. The van der Waals surface area contributed by atoms with E-state index in [1.807, 2.05) is 12.1 Å². The zero-order valence-electron chi connectivity index (χ0n) is 21.4. The van der Waals surface area contributed by atoms with E-state index in [9.17, 15) is 9.59 Å². The summed E-state index contributed by atoms with van der Waals surface area (Å²) < 4.78 is 16.9. The molecular weight excluding hydrogens is 468 g/mol. The molecule has 1 aliphatic carbocycles. The summed E-state index contributed by atoms with van der Waals surface area (Å²) >= 11 is 0. The number of nitrogens with two attached hydrogens (primary N) is 2. The van der Waals surface area contributed by atoms with Gasteiger partial charge in [-0.25, -0.2) is 9.59 Å². The van der Waals surface area contributed by atoms with Crippen LogP contribution in [-0.2, 0) is 25.4 Å². The normalized spacial score (nSPS) is 17.4. The van der Waals surface area contributed by atoms with Crippen molar-refractivity contribution in [3.05, 3.63) is 77.9 Å². The second-order valence-corrected chi connectivity index (χ2v) is 9.29. The first kappa shape index (κ1) is 28.0. The highest BCUT2D eigenvalue weighted by molar-refractivity contribution is 5.90. The number of rotatable bonds is 13. The highest BCUT2D eigenvalue weighted by Gasteiger charge is 2.24. The summed E-state index contributed by atoms with van der Waals surface area (Å²) in [5, 5.41) is 0. The first-order valence-corrected chi connectivity index (χ1v) is 13.0. The minimum Gasteiger partial charge on any atom is -0.462 e. The molecule has 198 valence electrons. The Morgan fingerprint density at radius 3 is 2.38 bits per heavy atom. The molecule has 0 amide bonds. The average Bonchev–Trinajstić information content (AvgIpc) is 2.90. The molecule has 7 nitrogen and oxygen atoms in total. The van der Waals surface area contributed by atoms with Crippen molar-refractivity contribution in [2.45, 2.75) is 63.6 Å². The fourth-order valence-corrected chi connectivity index (χ4v) is 4.22. The highest BCUT2D eigenvalue weighted by atomic mass is 16.5. The summed E-state index contributed by atoms with van der Waals surface area (Å²) in [5.74, 6) is -0.778. The van der Waals surface area contributed by atoms with Crippen molar-refractivity contribution in [3.63, 3.8) is 0 Å². The van der Waals surface area contributed by atoms with E-state index >= 15 is 0 Å². The van der Waals surface area contributed by atoms with E-state index in [1.165, 1.54) is 6.08 Å². The third-order valence-corrected chi connectivity index (χ3v) is 6.39. The van der Waals surface area contributed by atoms with Crippen LogP contribution in [0.25, 0.3) is 6.08 Å². The maximum absolute atomic E-state index is 12.6. The molecule has 2 aromatic carbocycles. The molecule has 4 N–H and O–H groups in total. The molecule has 1 fully saturated rings. The molecule has 2 aromatic rings. The number of allylic oxidation sites excluding steroid dienone is 1. The minimum atomic E-state index is -0.450. The van der Waals surface area contributed by atoms with Crippen molar-refractivity contribution >= 4 is 29.4 Å². The first-order valence-electron chi connectivity index (χ1n) is 13.0. The van der Waals surface area contributed by atoms with Crippen LogP contribution in [-0.4, -0.2) is 37.4 Å². The largest absolute Gasteiger partial charge is 0.462 e. The van der Waals surface area contributed by atoms with Gasteiger partial charge >= 0.3 is 11.9 Å². The van der Waals surface area contributed by atoms with Crippen LogP contribution in [0, 0.1) is 0 Å². The fourth-order valence-electron chi connectivity index (χ4n) is 4.22. The Balaban J connectivity index is 1.35. The zero-order chi connectivity index (χ0) is 26.5. The maximum Gasteiger partial charge on any atom is 0.338 e. The lowest BCUT2D eigenvalue weighted by atomic mass is 9.95. The molecule has 0 aromatic heterocycles. The number of benzene rings is 2. The van der Waals surface area contributed by atoms with Crippen LogP contribution >= 0.6 is 0 Å². The van der Waals surface area contributed by atoms with E-state index < -0.39 is 5.97 Å². The molecule has 0 atom stereocenters. The SMILES string of the molecule is C=CCCCCOC1CCC(OC(=O)c2ccc(/C=C/C(=O)OCCc3ccc(N)cc3N)cc2)CC1. The lowest BCUT2D eigenvalue weighted by Gasteiger charge is -2.28. The maximum atomic E-state index is 12.6. The van der Waals surface area contributed by atoms with Crippen LogP contribution < -0.4 is 11.5 Å². The molecule has 1 aliphatic rings. The lowest BCUT2D eigenvalue weighted by Crippen LogP contribution is -2.28. The van der Waals surface area contributed by atoms with Gasteiger partial charge in [0.1, 0.15) is 6.10 Å². The number of nitrogen functional groups attached to an aromatic ring is 2. The minimum absolute atomic E-state index is 0.0777. The standard InChI is InChI=1S/C30H38N2O5/c1-2-3-4-5-19-35-26-13-15-27(16-14-26)37-30(34)24-9-6-22(7-10-24)8-17-29(33)36-20-18-23-11-12-25(31)21-28(23)32/h2,6-12,17,21,26-27H,1,3-5,13-16,18-20,31-32H2/b17-8+. The van der Waals surface area contributed by atoms with Gasteiger partial charge in [-0.1, -0.05) is 24.3 Å². The van der Waals surface area contributed by atoms with Gasteiger partial charge in [0.15, 0.2) is 0 Å². The van der Waals surface area contributed by atoms with E-state index in [1.54, 1.807) is 42.5 Å². The average molecular weight is 507 g/mol. The van der Waals surface area contributed by atoms with Crippen LogP contribution in [0.1, 0.15) is 66.4 Å². The van der Waals surface area contributed by atoms with Gasteiger partial charge in [-0.15, -0.1) is 6.58 Å². The van der Waals surface area contributed by atoms with Crippen molar-refractivity contribution < 1.29 is 23.8 Å². The Bertz CT molecular complexity index is 1060. The summed E-state index contributed by atoms with van der Waals surface area (Å²) in [5.41, 5.74) is 14.9. The predicted molar refractivity (Wildman–Crippen MR) is 147 cm³/mol. The van der Waals surface area contributed by atoms with E-state index in [0.29, 0.717) is 23.4 Å². The number of anilines is 2. The summed E-state index contributed by atoms with van der Waals surface area (Å²) in [4.78, 5) is 24.6. The van der Waals surface area contributed by atoms with Gasteiger partial charge in [0, 0.05) is 30.5 Å². The summed E-state index contributed by atoms with van der Waals surface area (Å²) in [6.45, 7) is 4.73. The molecule has 0 heterocycles. The van der Waals surface area contributed by atoms with E-state index in [0.717, 1.165) is 62.7 Å². The Morgan fingerprint density at radius 1 is 0.946 bits per heavy atom. The molecule has 0 radical (unpaired) electrons. The second-order valence-electron chi connectivity index (χ2n) is 9.29. The van der Waals surface area contributed by atoms with Gasteiger partial charge in [0.25, 0.3) is 0 Å². The number of carbonyl (C=O) groups is 2. The van der Waals surface area contributed by atoms with Crippen LogP contribution in [0.5, 0.6) is 0 Å². The molecule has 3 rings (SSSR count). The Labute approximate surface area is 219 Å². The number of esters is 2. The lowest BCUT2D eigenvalue weighted by molar-refractivity contribution is -0.137. The molecule has 0 spiro atoms. The van der Waals surface area contributed by atoms with Gasteiger partial charge in [0.2, 0.25) is 0 Å². The molecule has 0 unspecified atom stereocenters. The first-order chi connectivity index (χ1) is 17.9. The highest BCUT2D eigenvalue weighted by Crippen LogP contribution is 2.25. The quantitative estimate of drug-likeness (QED) is 0.121. The number of ether oxygens (including phenoxy) is 3. The van der Waals surface area contributed by atoms with Crippen molar-refractivity contribution in [1.29, 1.82) is 0 Å². The summed E-state index contributed by atoms with van der Waals surface area (Å²) in [7, 11) is 0. The molecule has 0 aliphatic heterocycles. The van der Waals surface area contributed by atoms with Gasteiger partial charge in [-0.2, -0.15) is 0 Å². The fraction of sp³-hybridized carbons (Fsp3) is 0.400. The van der Waals surface area contributed by atoms with Crippen molar-refractivity contribution in [1.82, 2.24) is 0 Å². The number of carbonyl (C=O) groups excluding carboxylic acids is 2. The van der Waals surface area contributed by atoms with Crippen LogP contribution in [0.4, 0.5) is 11.4 Å². The van der Waals surface area contributed by atoms with Crippen LogP contribution in [0.15, 0.2) is 61.2 Å². The Morgan fingerprint density at radius 2 is 1.68 bits per heavy atom. The summed E-state index contributed by atoms with van der Waals surface area (Å²) in [6, 6.07) is 12.2. The van der Waals surface area contributed by atoms with E-state index in [2.05, 4.69) is 6.58 Å². The van der Waals surface area contributed by atoms with Crippen molar-refractivity contribution in [2.75, 3.05) is 24.7 Å². The van der Waals surface area contributed by atoms with E-state index in [4.69, 9.17) is 25.7 Å². The monoisotopic (exact) mass is 506 g/mol. The summed E-state index contributed by atoms with van der Waals surface area (Å²) in [6.07, 6.45) is 12.3. The van der Waals surface area contributed by atoms with E-state index in [-0.39, 0.29) is 24.8 Å². The smallest absolute Gasteiger partial charge is 0.338 e. The molecular formula is C30H38N2O5. The Hall–Kier alpha value is -3.58. The second kappa shape index (κ2) is 14.9. The zero-order valence-corrected chi connectivity index (χ0v) is 21.4. The predicted octanol–water partition coefficient (Wildman–Crippen LogP) is 5.49. The third-order valence-electron chi connectivity index (χ3n) is 6.39. The third kappa shape index (κ3) is 9.77. The molecule has 1 saturated carbocycles. The van der Waals surface area contributed by atoms with Crippen molar-refractivity contribution in [3.8, 4) is 0 Å². The van der Waals surface area contributed by atoms with Gasteiger partial charge < -0.3 is 25.7 Å².